The summed E-state index contributed by atoms with van der Waals surface area (Å²) < 4.78 is 70.5. The number of hydrogen-bond donors (Lipinski definition) is 0. The highest BCUT2D eigenvalue weighted by Gasteiger charge is 2.46. The Morgan fingerprint density at radius 2 is 0.770 bits per heavy atom. The van der Waals surface area contributed by atoms with E-state index in [9.17, 15) is 0 Å². The molecule has 4 aliphatic carbocycles. The van der Waals surface area contributed by atoms with Gasteiger partial charge >= 0.3 is 0 Å². The summed E-state index contributed by atoms with van der Waals surface area (Å²) >= 11 is 0. The number of hydrogen-bond acceptors (Lipinski definition) is 1. The Hall–Kier alpha value is -1.88. The van der Waals surface area contributed by atoms with Crippen molar-refractivity contribution in [2.24, 2.45) is 23.7 Å². The van der Waals surface area contributed by atoms with Crippen LogP contribution in [0.15, 0.2) is 24.3 Å². The van der Waals surface area contributed by atoms with Crippen LogP contribution in [0.1, 0.15) is 254 Å². The van der Waals surface area contributed by atoms with Gasteiger partial charge in [-0.05, 0) is 86.2 Å². The molecule has 344 valence electrons. The number of rotatable bonds is 24. The summed E-state index contributed by atoms with van der Waals surface area (Å²) in [6.45, 7) is 4.16. The predicted molar refractivity (Wildman–Crippen MR) is 247 cm³/mol. The van der Waals surface area contributed by atoms with E-state index >= 15 is 17.6 Å². The highest BCUT2D eigenvalue weighted by atomic mass is 19.2. The van der Waals surface area contributed by atoms with Crippen LogP contribution in [-0.2, 0) is 28.8 Å². The highest BCUT2D eigenvalue weighted by Crippen LogP contribution is 2.54. The molecule has 0 aliphatic heterocycles. The van der Waals surface area contributed by atoms with Gasteiger partial charge in [0.15, 0.2) is 23.3 Å². The average molecular weight is 851 g/mol. The van der Waals surface area contributed by atoms with Gasteiger partial charge in [-0.15, -0.1) is 0 Å². The smallest absolute Gasteiger partial charge is 0.164 e. The van der Waals surface area contributed by atoms with Gasteiger partial charge in [0.2, 0.25) is 0 Å². The first-order chi connectivity index (χ1) is 29.8. The van der Waals surface area contributed by atoms with Crippen LogP contribution in [0, 0.1) is 46.9 Å². The molecule has 0 radical (unpaired) electrons. The van der Waals surface area contributed by atoms with E-state index in [2.05, 4.69) is 13.8 Å². The third-order valence-electron chi connectivity index (χ3n) is 17.1. The van der Waals surface area contributed by atoms with Crippen LogP contribution < -0.4 is 0 Å². The van der Waals surface area contributed by atoms with E-state index in [4.69, 9.17) is 4.74 Å². The van der Waals surface area contributed by atoms with Gasteiger partial charge in [0.05, 0.1) is 13.2 Å². The minimum Gasteiger partial charge on any atom is -0.372 e. The summed E-state index contributed by atoms with van der Waals surface area (Å²) in [5.74, 6) is -0.813. The molecule has 6 rings (SSSR count). The van der Waals surface area contributed by atoms with Crippen molar-refractivity contribution in [2.75, 3.05) is 0 Å². The van der Waals surface area contributed by atoms with Crippen LogP contribution in [0.5, 0.6) is 0 Å². The molecule has 0 N–H and O–H groups in total. The molecule has 2 aromatic rings. The van der Waals surface area contributed by atoms with E-state index in [1.165, 1.54) is 128 Å². The molecule has 5 heteroatoms. The van der Waals surface area contributed by atoms with Gasteiger partial charge < -0.3 is 4.74 Å². The molecule has 0 aromatic heterocycles. The Labute approximate surface area is 370 Å². The summed E-state index contributed by atoms with van der Waals surface area (Å²) in [6.07, 6.45) is 40.9. The van der Waals surface area contributed by atoms with Crippen molar-refractivity contribution in [2.45, 2.75) is 256 Å². The second-order valence-corrected chi connectivity index (χ2v) is 21.0. The first-order valence-electron chi connectivity index (χ1n) is 26.4. The molecule has 0 saturated heterocycles. The first kappa shape index (κ1) is 48.6. The van der Waals surface area contributed by atoms with Crippen LogP contribution in [0.25, 0.3) is 0 Å². The molecule has 0 amide bonds. The largest absolute Gasteiger partial charge is 0.372 e. The highest BCUT2D eigenvalue weighted by molar-refractivity contribution is 5.35. The molecule has 0 unspecified atom stereocenters. The van der Waals surface area contributed by atoms with Gasteiger partial charge in [0.1, 0.15) is 0 Å². The van der Waals surface area contributed by atoms with Crippen molar-refractivity contribution in [1.29, 1.82) is 0 Å². The lowest BCUT2D eigenvalue weighted by Gasteiger charge is -2.47. The summed E-state index contributed by atoms with van der Waals surface area (Å²) in [5.41, 5.74) is 0.797. The molecule has 0 heterocycles. The van der Waals surface area contributed by atoms with Crippen molar-refractivity contribution >= 4 is 0 Å². The minimum atomic E-state index is -0.839. The quantitative estimate of drug-likeness (QED) is 0.0755. The molecule has 61 heavy (non-hydrogen) atoms. The maximum absolute atomic E-state index is 16.3. The van der Waals surface area contributed by atoms with Crippen LogP contribution in [-0.4, -0.2) is 0 Å². The molecule has 2 aromatic carbocycles. The van der Waals surface area contributed by atoms with Crippen molar-refractivity contribution in [3.8, 4) is 0 Å². The molecule has 0 spiro atoms. The normalized spacial score (nSPS) is 24.2. The number of halogens is 4. The fourth-order valence-electron chi connectivity index (χ4n) is 13.4. The van der Waals surface area contributed by atoms with E-state index in [0.29, 0.717) is 23.0 Å². The zero-order valence-electron chi connectivity index (χ0n) is 39.0. The average Bonchev–Trinajstić information content (AvgIpc) is 3.29. The van der Waals surface area contributed by atoms with Crippen molar-refractivity contribution < 1.29 is 22.3 Å². The maximum atomic E-state index is 16.3. The lowest BCUT2D eigenvalue weighted by molar-refractivity contribution is 0.0995. The topological polar surface area (TPSA) is 9.23 Å². The number of benzene rings is 2. The van der Waals surface area contributed by atoms with Crippen LogP contribution in [0.3, 0.4) is 0 Å². The molecule has 0 bridgehead atoms. The summed E-state index contributed by atoms with van der Waals surface area (Å²) in [5, 5.41) is 0. The zero-order valence-corrected chi connectivity index (χ0v) is 39.0. The Morgan fingerprint density at radius 1 is 0.426 bits per heavy atom. The van der Waals surface area contributed by atoms with Gasteiger partial charge in [-0.3, -0.25) is 0 Å². The SMILES string of the molecule is CCCCCCCCC[C@H]1CC[C@H](C2(c3ccc(COCc4ccc(C5([C@H]6CC[C@H](CCCCCCCCC)CC6)CCCCC5)c(F)c4F)c(F)c3F)CCCCC2)CC1. The second kappa shape index (κ2) is 25.0. The van der Waals surface area contributed by atoms with Gasteiger partial charge in [-0.2, -0.15) is 0 Å². The molecular formula is C56H86F4O. The van der Waals surface area contributed by atoms with E-state index in [1.54, 1.807) is 12.1 Å². The van der Waals surface area contributed by atoms with Crippen LogP contribution in [0.4, 0.5) is 17.6 Å². The van der Waals surface area contributed by atoms with E-state index < -0.39 is 23.3 Å². The first-order valence-corrected chi connectivity index (χ1v) is 26.4. The lowest BCUT2D eigenvalue weighted by atomic mass is 9.57. The Bertz CT molecular complexity index is 1440. The molecule has 4 saturated carbocycles. The molecule has 4 aliphatic rings. The lowest BCUT2D eigenvalue weighted by Crippen LogP contribution is -2.40. The van der Waals surface area contributed by atoms with Gasteiger partial charge in [0.25, 0.3) is 0 Å². The Balaban J connectivity index is 1.03. The van der Waals surface area contributed by atoms with Gasteiger partial charge in [-0.1, -0.05) is 205 Å². The Kier molecular flexibility index (Phi) is 19.9. The number of unbranched alkanes of at least 4 members (excludes halogenated alkanes) is 12. The van der Waals surface area contributed by atoms with E-state index in [1.807, 2.05) is 12.1 Å². The van der Waals surface area contributed by atoms with Crippen molar-refractivity contribution in [3.63, 3.8) is 0 Å². The zero-order chi connectivity index (χ0) is 42.9. The predicted octanol–water partition coefficient (Wildman–Crippen LogP) is 18.3. The van der Waals surface area contributed by atoms with E-state index in [0.717, 1.165) is 102 Å². The van der Waals surface area contributed by atoms with Gasteiger partial charge in [0, 0.05) is 22.0 Å². The van der Waals surface area contributed by atoms with Crippen molar-refractivity contribution in [1.82, 2.24) is 0 Å². The maximum Gasteiger partial charge on any atom is 0.164 e. The van der Waals surface area contributed by atoms with Gasteiger partial charge in [-0.25, -0.2) is 17.6 Å². The fourth-order valence-corrected chi connectivity index (χ4v) is 13.4. The monoisotopic (exact) mass is 851 g/mol. The second-order valence-electron chi connectivity index (χ2n) is 21.0. The summed E-state index contributed by atoms with van der Waals surface area (Å²) in [6, 6.07) is 7.09. The summed E-state index contributed by atoms with van der Waals surface area (Å²) in [7, 11) is 0. The molecule has 1 nitrogen and oxygen atoms in total. The summed E-state index contributed by atoms with van der Waals surface area (Å²) in [4.78, 5) is 0. The molecular weight excluding hydrogens is 765 g/mol. The third kappa shape index (κ3) is 12.7. The standard InChI is InChI=1S/C56H86F4O/c1-3-5-7-9-11-13-17-23-43-25-31-47(32-26-43)55(37-19-15-20-38-55)49-35-29-45(51(57)53(49)59)41-61-42-46-30-36-50(54(60)52(46)58)56(39-21-16-22-40-56)48-33-27-44(28-34-48)24-18-14-12-10-8-6-4-2/h29-30,35-36,43-44,47-48H,3-28,31-34,37-42H2,1-2H3/t43-,44-,47-,48-. The fraction of sp³-hybridized carbons (Fsp3) is 0.786. The minimum absolute atomic E-state index is 0.145. The number of ether oxygens (including phenoxy) is 1. The third-order valence-corrected chi connectivity index (χ3v) is 17.1. The molecule has 0 atom stereocenters. The van der Waals surface area contributed by atoms with Crippen LogP contribution in [0.2, 0.25) is 0 Å². The van der Waals surface area contributed by atoms with Crippen LogP contribution >= 0.6 is 0 Å². The van der Waals surface area contributed by atoms with Crippen molar-refractivity contribution in [3.05, 3.63) is 69.8 Å². The Morgan fingerprint density at radius 3 is 1.13 bits per heavy atom. The van der Waals surface area contributed by atoms with E-state index in [-0.39, 0.29) is 35.2 Å². The molecule has 4 fully saturated rings.